The van der Waals surface area contributed by atoms with E-state index in [-0.39, 0.29) is 18.5 Å². The van der Waals surface area contributed by atoms with E-state index in [4.69, 9.17) is 0 Å². The first-order chi connectivity index (χ1) is 6.68. The van der Waals surface area contributed by atoms with E-state index >= 15 is 0 Å². The first-order valence-electron chi connectivity index (χ1n) is 4.21. The van der Waals surface area contributed by atoms with Gasteiger partial charge in [-0.15, -0.1) is 0 Å². The van der Waals surface area contributed by atoms with Gasteiger partial charge in [-0.05, 0) is 19.1 Å². The van der Waals surface area contributed by atoms with Gasteiger partial charge in [0.05, 0.1) is 11.4 Å². The number of nitrogens with zero attached hydrogens (tertiary/aromatic N) is 2. The van der Waals surface area contributed by atoms with E-state index in [1.807, 2.05) is 0 Å². The molecule has 72 valence electrons. The maximum Gasteiger partial charge on any atom is 0.329 e. The minimum absolute atomic E-state index is 0.0748. The first kappa shape index (κ1) is 8.68. The molecule has 1 aromatic rings. The summed E-state index contributed by atoms with van der Waals surface area (Å²) in [5.74, 6) is -0.279. The molecule has 5 heteroatoms. The highest BCUT2D eigenvalue weighted by Crippen LogP contribution is 2.18. The van der Waals surface area contributed by atoms with Crippen molar-refractivity contribution in [3.05, 3.63) is 24.0 Å². The van der Waals surface area contributed by atoms with E-state index in [1.54, 1.807) is 25.3 Å². The van der Waals surface area contributed by atoms with Crippen molar-refractivity contribution in [2.24, 2.45) is 0 Å². The molecule has 3 amide bonds. The second-order valence-electron chi connectivity index (χ2n) is 3.05. The Kier molecular flexibility index (Phi) is 1.92. The van der Waals surface area contributed by atoms with Crippen molar-refractivity contribution in [3.63, 3.8) is 0 Å². The van der Waals surface area contributed by atoms with Gasteiger partial charge in [-0.3, -0.25) is 20.0 Å². The van der Waals surface area contributed by atoms with Crippen LogP contribution in [0, 0.1) is 6.92 Å². The molecule has 0 unspecified atom stereocenters. The van der Waals surface area contributed by atoms with Crippen LogP contribution in [0.25, 0.3) is 0 Å². The van der Waals surface area contributed by atoms with Crippen molar-refractivity contribution in [2.45, 2.75) is 6.92 Å². The van der Waals surface area contributed by atoms with Crippen molar-refractivity contribution in [1.29, 1.82) is 0 Å². The first-order valence-corrected chi connectivity index (χ1v) is 4.21. The molecular weight excluding hydrogens is 182 g/mol. The lowest BCUT2D eigenvalue weighted by Crippen LogP contribution is -2.28. The molecule has 1 aliphatic rings. The van der Waals surface area contributed by atoms with Crippen LogP contribution in [-0.4, -0.2) is 23.5 Å². The molecule has 0 radical (unpaired) electrons. The van der Waals surface area contributed by atoms with Gasteiger partial charge in [0.2, 0.25) is 5.91 Å². The van der Waals surface area contributed by atoms with Gasteiger partial charge in [0.25, 0.3) is 0 Å². The SMILES string of the molecule is Cc1ncccc1N1CC(=O)NC1=O. The molecule has 1 saturated heterocycles. The highest BCUT2D eigenvalue weighted by atomic mass is 16.2. The van der Waals surface area contributed by atoms with Crippen LogP contribution in [0.3, 0.4) is 0 Å². The second-order valence-corrected chi connectivity index (χ2v) is 3.05. The number of hydrogen-bond donors (Lipinski definition) is 1. The number of aryl methyl sites for hydroxylation is 1. The van der Waals surface area contributed by atoms with Crippen LogP contribution in [0.4, 0.5) is 10.5 Å². The van der Waals surface area contributed by atoms with Crippen molar-refractivity contribution in [2.75, 3.05) is 11.4 Å². The van der Waals surface area contributed by atoms with Crippen LogP contribution in [0.2, 0.25) is 0 Å². The summed E-state index contributed by atoms with van der Waals surface area (Å²) in [4.78, 5) is 27.7. The van der Waals surface area contributed by atoms with Crippen molar-refractivity contribution >= 4 is 17.6 Å². The molecule has 1 fully saturated rings. The zero-order valence-electron chi connectivity index (χ0n) is 7.65. The number of imide groups is 1. The normalized spacial score (nSPS) is 15.9. The second kappa shape index (κ2) is 3.10. The van der Waals surface area contributed by atoms with Gasteiger partial charge in [0.1, 0.15) is 6.54 Å². The quantitative estimate of drug-likeness (QED) is 0.655. The summed E-state index contributed by atoms with van der Waals surface area (Å²) in [6, 6.07) is 3.12. The Morgan fingerprint density at radius 3 is 2.86 bits per heavy atom. The van der Waals surface area contributed by atoms with Gasteiger partial charge in [-0.25, -0.2) is 4.79 Å². The number of anilines is 1. The largest absolute Gasteiger partial charge is 0.329 e. The van der Waals surface area contributed by atoms with E-state index in [0.717, 1.165) is 5.69 Å². The average Bonchev–Trinajstić information content (AvgIpc) is 2.46. The summed E-state index contributed by atoms with van der Waals surface area (Å²) in [5, 5.41) is 2.21. The molecule has 0 aliphatic carbocycles. The van der Waals surface area contributed by atoms with E-state index in [0.29, 0.717) is 5.69 Å². The van der Waals surface area contributed by atoms with E-state index < -0.39 is 0 Å². The Bertz CT molecular complexity index is 403. The van der Waals surface area contributed by atoms with Crippen LogP contribution < -0.4 is 10.2 Å². The molecule has 2 heterocycles. The van der Waals surface area contributed by atoms with Gasteiger partial charge < -0.3 is 0 Å². The fraction of sp³-hybridized carbons (Fsp3) is 0.222. The average molecular weight is 191 g/mol. The number of nitrogens with one attached hydrogen (secondary N) is 1. The molecular formula is C9H9N3O2. The molecule has 5 nitrogen and oxygen atoms in total. The summed E-state index contributed by atoms with van der Waals surface area (Å²) in [5.41, 5.74) is 1.41. The smallest absolute Gasteiger partial charge is 0.283 e. The summed E-state index contributed by atoms with van der Waals surface area (Å²) in [7, 11) is 0. The summed E-state index contributed by atoms with van der Waals surface area (Å²) < 4.78 is 0. The Hall–Kier alpha value is -1.91. The number of rotatable bonds is 1. The number of carbonyl (C=O) groups is 2. The van der Waals surface area contributed by atoms with Crippen LogP contribution in [0.15, 0.2) is 18.3 Å². The monoisotopic (exact) mass is 191 g/mol. The molecule has 0 saturated carbocycles. The Morgan fingerprint density at radius 2 is 2.29 bits per heavy atom. The van der Waals surface area contributed by atoms with E-state index in [2.05, 4.69) is 10.3 Å². The topological polar surface area (TPSA) is 62.3 Å². The molecule has 1 aromatic heterocycles. The lowest BCUT2D eigenvalue weighted by Gasteiger charge is -2.14. The minimum Gasteiger partial charge on any atom is -0.283 e. The fourth-order valence-electron chi connectivity index (χ4n) is 1.40. The van der Waals surface area contributed by atoms with Crippen molar-refractivity contribution in [1.82, 2.24) is 10.3 Å². The Balaban J connectivity index is 2.36. The van der Waals surface area contributed by atoms with Gasteiger partial charge in [0.15, 0.2) is 0 Å². The van der Waals surface area contributed by atoms with E-state index in [9.17, 15) is 9.59 Å². The predicted octanol–water partition coefficient (Wildman–Crippen LogP) is 0.446. The standard InChI is InChI=1S/C9H9N3O2/c1-6-7(3-2-4-10-6)12-5-8(13)11-9(12)14/h2-4H,5H2,1H3,(H,11,13,14). The number of hydrogen-bond acceptors (Lipinski definition) is 3. The Labute approximate surface area is 80.7 Å². The van der Waals surface area contributed by atoms with Gasteiger partial charge in [-0.1, -0.05) is 0 Å². The van der Waals surface area contributed by atoms with Gasteiger partial charge >= 0.3 is 6.03 Å². The molecule has 1 N–H and O–H groups in total. The number of carbonyl (C=O) groups excluding carboxylic acids is 2. The number of pyridine rings is 1. The summed E-state index contributed by atoms with van der Waals surface area (Å²) >= 11 is 0. The van der Waals surface area contributed by atoms with Crippen LogP contribution in [-0.2, 0) is 4.79 Å². The van der Waals surface area contributed by atoms with Gasteiger partial charge in [-0.2, -0.15) is 0 Å². The zero-order valence-corrected chi connectivity index (χ0v) is 7.65. The van der Waals surface area contributed by atoms with Crippen molar-refractivity contribution in [3.8, 4) is 0 Å². The van der Waals surface area contributed by atoms with Crippen LogP contribution in [0.5, 0.6) is 0 Å². The fourth-order valence-corrected chi connectivity index (χ4v) is 1.40. The highest BCUT2D eigenvalue weighted by Gasteiger charge is 2.28. The third kappa shape index (κ3) is 1.32. The molecule has 2 rings (SSSR count). The third-order valence-electron chi connectivity index (χ3n) is 2.06. The molecule has 0 bridgehead atoms. The lowest BCUT2D eigenvalue weighted by atomic mass is 10.3. The summed E-state index contributed by atoms with van der Waals surface area (Å²) in [6.07, 6.45) is 1.65. The number of amides is 3. The number of aromatic nitrogens is 1. The molecule has 14 heavy (non-hydrogen) atoms. The Morgan fingerprint density at radius 1 is 1.50 bits per heavy atom. The maximum absolute atomic E-state index is 11.3. The third-order valence-corrected chi connectivity index (χ3v) is 2.06. The van der Waals surface area contributed by atoms with E-state index in [1.165, 1.54) is 4.90 Å². The molecule has 0 aromatic carbocycles. The number of urea groups is 1. The lowest BCUT2D eigenvalue weighted by molar-refractivity contribution is -0.117. The zero-order chi connectivity index (χ0) is 10.1. The van der Waals surface area contributed by atoms with Gasteiger partial charge in [0, 0.05) is 6.20 Å². The minimum atomic E-state index is -0.383. The molecule has 0 spiro atoms. The van der Waals surface area contributed by atoms with Crippen LogP contribution >= 0.6 is 0 Å². The predicted molar refractivity (Wildman–Crippen MR) is 49.9 cm³/mol. The van der Waals surface area contributed by atoms with Crippen molar-refractivity contribution < 1.29 is 9.59 Å². The highest BCUT2D eigenvalue weighted by molar-refractivity contribution is 6.12. The molecule has 1 aliphatic heterocycles. The maximum atomic E-state index is 11.3. The van der Waals surface area contributed by atoms with Crippen LogP contribution in [0.1, 0.15) is 5.69 Å². The molecule has 0 atom stereocenters. The summed E-state index contributed by atoms with van der Waals surface area (Å²) in [6.45, 7) is 1.87.